The molecule has 2 nitrogen and oxygen atoms in total. The molecule has 0 heterocycles. The van der Waals surface area contributed by atoms with Crippen LogP contribution in [0.1, 0.15) is 11.1 Å². The van der Waals surface area contributed by atoms with E-state index in [1.54, 1.807) is 12.1 Å². The lowest BCUT2D eigenvalue weighted by molar-refractivity contribution is 0.132. The Morgan fingerprint density at radius 2 is 1.89 bits per heavy atom. The van der Waals surface area contributed by atoms with Gasteiger partial charge in [0.15, 0.2) is 0 Å². The Labute approximate surface area is 116 Å². The first kappa shape index (κ1) is 12.9. The Kier molecular flexibility index (Phi) is 4.62. The third-order valence-corrected chi connectivity index (χ3v) is 2.85. The average Bonchev–Trinajstić information content (AvgIpc) is 2.37. The van der Waals surface area contributed by atoms with Crippen molar-refractivity contribution >= 4 is 29.4 Å². The van der Waals surface area contributed by atoms with Crippen molar-refractivity contribution in [1.29, 1.82) is 0 Å². The molecule has 0 amide bonds. The molecule has 0 bridgehead atoms. The van der Waals surface area contributed by atoms with Gasteiger partial charge in [-0.1, -0.05) is 58.7 Å². The first-order valence-corrected chi connectivity index (χ1v) is 6.08. The predicted molar refractivity (Wildman–Crippen MR) is 74.2 cm³/mol. The lowest BCUT2D eigenvalue weighted by Crippen LogP contribution is -1.89. The molecule has 2 aromatic carbocycles. The van der Waals surface area contributed by atoms with Crippen molar-refractivity contribution in [2.24, 2.45) is 5.16 Å². The maximum Gasteiger partial charge on any atom is 0.143 e. The first-order chi connectivity index (χ1) is 8.75. The van der Waals surface area contributed by atoms with E-state index in [4.69, 9.17) is 28.0 Å². The topological polar surface area (TPSA) is 21.6 Å². The molecular formula is C14H10Cl2NO. The summed E-state index contributed by atoms with van der Waals surface area (Å²) in [4.78, 5) is 5.13. The summed E-state index contributed by atoms with van der Waals surface area (Å²) in [5.41, 5.74) is 1.65. The maximum absolute atomic E-state index is 5.98. The standard InChI is InChI=1S/C14H10Cl2NO/c15-13-6-3-4-11(8-13)9-17-18-10-12-5-1-2-7-14(12)16/h1-8H,10H2. The number of halogens is 2. The van der Waals surface area contributed by atoms with E-state index < -0.39 is 0 Å². The van der Waals surface area contributed by atoms with Gasteiger partial charge < -0.3 is 4.84 Å². The van der Waals surface area contributed by atoms with Gasteiger partial charge in [-0.05, 0) is 18.2 Å². The van der Waals surface area contributed by atoms with Gasteiger partial charge in [0.05, 0.1) is 0 Å². The maximum atomic E-state index is 5.98. The summed E-state index contributed by atoms with van der Waals surface area (Å²) >= 11 is 11.8. The molecule has 1 radical (unpaired) electrons. The average molecular weight is 279 g/mol. The molecule has 0 saturated carbocycles. The summed E-state index contributed by atoms with van der Waals surface area (Å²) in [6.45, 7) is 0.313. The van der Waals surface area contributed by atoms with E-state index in [1.807, 2.05) is 36.4 Å². The van der Waals surface area contributed by atoms with Crippen molar-refractivity contribution in [3.8, 4) is 0 Å². The van der Waals surface area contributed by atoms with Crippen LogP contribution in [-0.2, 0) is 11.4 Å². The van der Waals surface area contributed by atoms with Crippen LogP contribution in [0, 0.1) is 0 Å². The summed E-state index contributed by atoms with van der Waals surface area (Å²) in [6, 6.07) is 14.7. The minimum absolute atomic E-state index is 0.313. The van der Waals surface area contributed by atoms with Gasteiger partial charge in [0.2, 0.25) is 0 Å². The van der Waals surface area contributed by atoms with Crippen molar-refractivity contribution < 1.29 is 4.84 Å². The fourth-order valence-electron chi connectivity index (χ4n) is 1.36. The molecule has 0 aliphatic rings. The zero-order valence-electron chi connectivity index (χ0n) is 9.44. The summed E-state index contributed by atoms with van der Waals surface area (Å²) in [7, 11) is 0. The van der Waals surface area contributed by atoms with Crippen LogP contribution >= 0.6 is 23.2 Å². The third-order valence-electron chi connectivity index (χ3n) is 2.24. The van der Waals surface area contributed by atoms with E-state index in [2.05, 4.69) is 11.4 Å². The van der Waals surface area contributed by atoms with Gasteiger partial charge in [-0.2, -0.15) is 0 Å². The van der Waals surface area contributed by atoms with Gasteiger partial charge in [0.25, 0.3) is 0 Å². The van der Waals surface area contributed by atoms with Gasteiger partial charge in [0, 0.05) is 21.2 Å². The number of hydrogen-bond donors (Lipinski definition) is 0. The van der Waals surface area contributed by atoms with E-state index in [0.29, 0.717) is 16.7 Å². The Morgan fingerprint density at radius 3 is 2.67 bits per heavy atom. The molecule has 0 aliphatic heterocycles. The highest BCUT2D eigenvalue weighted by molar-refractivity contribution is 6.31. The fourth-order valence-corrected chi connectivity index (χ4v) is 1.74. The van der Waals surface area contributed by atoms with E-state index in [9.17, 15) is 0 Å². The highest BCUT2D eigenvalue weighted by Gasteiger charge is 1.98. The molecule has 2 aromatic rings. The van der Waals surface area contributed by atoms with E-state index in [-0.39, 0.29) is 0 Å². The summed E-state index contributed by atoms with van der Waals surface area (Å²) < 4.78 is 0. The SMILES string of the molecule is Clc1cccc([C]=NOCc2ccccc2Cl)c1. The number of rotatable bonds is 4. The van der Waals surface area contributed by atoms with Gasteiger partial charge in [-0.25, -0.2) is 0 Å². The van der Waals surface area contributed by atoms with Crippen LogP contribution in [0.2, 0.25) is 10.0 Å². The molecular weight excluding hydrogens is 269 g/mol. The zero-order valence-corrected chi connectivity index (χ0v) is 10.9. The smallest absolute Gasteiger partial charge is 0.143 e. The second-order valence-electron chi connectivity index (χ2n) is 3.58. The van der Waals surface area contributed by atoms with Crippen LogP contribution in [0.5, 0.6) is 0 Å². The highest BCUT2D eigenvalue weighted by atomic mass is 35.5. The van der Waals surface area contributed by atoms with Crippen LogP contribution in [0.15, 0.2) is 53.7 Å². The molecule has 0 fully saturated rings. The Balaban J connectivity index is 1.91. The van der Waals surface area contributed by atoms with Crippen LogP contribution in [-0.4, -0.2) is 6.21 Å². The van der Waals surface area contributed by atoms with Crippen LogP contribution in [0.3, 0.4) is 0 Å². The number of nitrogens with zero attached hydrogens (tertiary/aromatic N) is 1. The monoisotopic (exact) mass is 278 g/mol. The van der Waals surface area contributed by atoms with E-state index in [1.165, 1.54) is 0 Å². The first-order valence-electron chi connectivity index (χ1n) is 5.33. The van der Waals surface area contributed by atoms with Crippen molar-refractivity contribution in [1.82, 2.24) is 0 Å². The summed E-state index contributed by atoms with van der Waals surface area (Å²) in [5, 5.41) is 5.05. The Bertz CT molecular complexity index is 555. The molecule has 91 valence electrons. The van der Waals surface area contributed by atoms with Crippen LogP contribution in [0.25, 0.3) is 0 Å². The molecule has 0 aliphatic carbocycles. The van der Waals surface area contributed by atoms with Gasteiger partial charge in [-0.15, -0.1) is 0 Å². The molecule has 0 spiro atoms. The molecule has 18 heavy (non-hydrogen) atoms. The van der Waals surface area contributed by atoms with Gasteiger partial charge in [0.1, 0.15) is 12.8 Å². The molecule has 0 atom stereocenters. The molecule has 2 rings (SSSR count). The van der Waals surface area contributed by atoms with Crippen LogP contribution < -0.4 is 0 Å². The zero-order chi connectivity index (χ0) is 12.8. The van der Waals surface area contributed by atoms with Crippen molar-refractivity contribution in [3.05, 3.63) is 69.7 Å². The van der Waals surface area contributed by atoms with Crippen molar-refractivity contribution in [3.63, 3.8) is 0 Å². The Morgan fingerprint density at radius 1 is 1.06 bits per heavy atom. The Hall–Kier alpha value is -1.51. The van der Waals surface area contributed by atoms with E-state index >= 15 is 0 Å². The highest BCUT2D eigenvalue weighted by Crippen LogP contribution is 2.15. The predicted octanol–water partition coefficient (Wildman–Crippen LogP) is 4.42. The van der Waals surface area contributed by atoms with E-state index in [0.717, 1.165) is 11.1 Å². The third kappa shape index (κ3) is 3.76. The lowest BCUT2D eigenvalue weighted by Gasteiger charge is -2.01. The second kappa shape index (κ2) is 6.43. The molecule has 0 aromatic heterocycles. The number of benzene rings is 2. The molecule has 4 heteroatoms. The van der Waals surface area contributed by atoms with Gasteiger partial charge >= 0.3 is 0 Å². The summed E-state index contributed by atoms with van der Waals surface area (Å²) in [6.07, 6.45) is 2.75. The largest absolute Gasteiger partial charge is 0.390 e. The quantitative estimate of drug-likeness (QED) is 0.599. The van der Waals surface area contributed by atoms with Gasteiger partial charge in [-0.3, -0.25) is 0 Å². The van der Waals surface area contributed by atoms with Crippen LogP contribution in [0.4, 0.5) is 0 Å². The second-order valence-corrected chi connectivity index (χ2v) is 4.42. The normalized spacial score (nSPS) is 10.8. The molecule has 0 unspecified atom stereocenters. The summed E-state index contributed by atoms with van der Waals surface area (Å²) in [5.74, 6) is 0. The molecule has 0 N–H and O–H groups in total. The number of hydrogen-bond acceptors (Lipinski definition) is 2. The van der Waals surface area contributed by atoms with Crippen molar-refractivity contribution in [2.45, 2.75) is 6.61 Å². The lowest BCUT2D eigenvalue weighted by atomic mass is 10.2. The molecule has 0 saturated heterocycles. The minimum Gasteiger partial charge on any atom is -0.390 e. The fraction of sp³-hybridized carbons (Fsp3) is 0.0714. The minimum atomic E-state index is 0.313. The van der Waals surface area contributed by atoms with Crippen molar-refractivity contribution in [2.75, 3.05) is 0 Å².